The fourth-order valence-corrected chi connectivity index (χ4v) is 0.747. The van der Waals surface area contributed by atoms with Crippen LogP contribution in [0.3, 0.4) is 0 Å². The van der Waals surface area contributed by atoms with E-state index >= 15 is 0 Å². The van der Waals surface area contributed by atoms with Gasteiger partial charge in [-0.05, 0) is 24.6 Å². The molecule has 3 nitrogen and oxygen atoms in total. The highest BCUT2D eigenvalue weighted by Crippen LogP contribution is 2.20. The van der Waals surface area contributed by atoms with E-state index in [0.29, 0.717) is 11.4 Å². The minimum absolute atomic E-state index is 0.639. The van der Waals surface area contributed by atoms with Gasteiger partial charge in [-0.3, -0.25) is 0 Å². The van der Waals surface area contributed by atoms with Crippen LogP contribution in [-0.2, 0) is 0 Å². The molecule has 1 aromatic carbocycles. The van der Waals surface area contributed by atoms with Crippen LogP contribution >= 0.6 is 0 Å². The van der Waals surface area contributed by atoms with Crippen molar-refractivity contribution in [3.8, 4) is 0 Å². The Hall–Kier alpha value is -1.38. The van der Waals surface area contributed by atoms with Gasteiger partial charge in [-0.25, -0.2) is 5.53 Å². The molecule has 0 heterocycles. The van der Waals surface area contributed by atoms with Crippen LogP contribution in [0.15, 0.2) is 23.3 Å². The smallest absolute Gasteiger partial charge is 0.0899 e. The molecule has 0 spiro atoms. The molecule has 0 saturated carbocycles. The van der Waals surface area contributed by atoms with Crippen LogP contribution in [0.1, 0.15) is 5.56 Å². The Morgan fingerprint density at radius 3 is 2.70 bits per heavy atom. The van der Waals surface area contributed by atoms with E-state index in [4.69, 9.17) is 11.3 Å². The van der Waals surface area contributed by atoms with Gasteiger partial charge < -0.3 is 5.73 Å². The number of nitrogen functional groups attached to an aromatic ring is 1. The van der Waals surface area contributed by atoms with Crippen LogP contribution < -0.4 is 5.73 Å². The summed E-state index contributed by atoms with van der Waals surface area (Å²) in [7, 11) is 0. The van der Waals surface area contributed by atoms with E-state index in [1.54, 1.807) is 12.1 Å². The zero-order chi connectivity index (χ0) is 7.56. The molecule has 10 heavy (non-hydrogen) atoms. The third-order valence-electron chi connectivity index (χ3n) is 1.35. The predicted octanol–water partition coefficient (Wildman–Crippen LogP) is 2.24. The largest absolute Gasteiger partial charge is 0.399 e. The molecule has 0 radical (unpaired) electrons. The van der Waals surface area contributed by atoms with Crippen LogP contribution in [0.5, 0.6) is 0 Å². The normalized spacial score (nSPS) is 9.30. The van der Waals surface area contributed by atoms with Gasteiger partial charge in [0.25, 0.3) is 0 Å². The number of hydrogen-bond acceptors (Lipinski definition) is 3. The first-order valence-corrected chi connectivity index (χ1v) is 2.97. The fraction of sp³-hybridized carbons (Fsp3) is 0.143. The Labute approximate surface area is 59.4 Å². The van der Waals surface area contributed by atoms with E-state index in [2.05, 4.69) is 5.11 Å². The summed E-state index contributed by atoms with van der Waals surface area (Å²) >= 11 is 0. The summed E-state index contributed by atoms with van der Waals surface area (Å²) in [6.07, 6.45) is 0. The summed E-state index contributed by atoms with van der Waals surface area (Å²) in [5.74, 6) is 0. The Kier molecular flexibility index (Phi) is 1.67. The minimum atomic E-state index is 0.639. The van der Waals surface area contributed by atoms with Gasteiger partial charge in [0.15, 0.2) is 0 Å². The molecule has 0 aliphatic heterocycles. The maximum atomic E-state index is 6.75. The third-order valence-corrected chi connectivity index (χ3v) is 1.35. The second kappa shape index (κ2) is 2.47. The van der Waals surface area contributed by atoms with Gasteiger partial charge in [-0.15, -0.1) is 0 Å². The fourth-order valence-electron chi connectivity index (χ4n) is 0.747. The SMILES string of the molecule is Cc1ccc(N)cc1N=N. The molecule has 0 atom stereocenters. The molecule has 0 fully saturated rings. The van der Waals surface area contributed by atoms with Gasteiger partial charge in [-0.1, -0.05) is 6.07 Å². The van der Waals surface area contributed by atoms with Gasteiger partial charge in [0.2, 0.25) is 0 Å². The highest BCUT2D eigenvalue weighted by Gasteiger charge is 1.94. The number of nitrogens with zero attached hydrogens (tertiary/aromatic N) is 1. The minimum Gasteiger partial charge on any atom is -0.399 e. The van der Waals surface area contributed by atoms with Crippen molar-refractivity contribution in [1.29, 1.82) is 5.53 Å². The lowest BCUT2D eigenvalue weighted by atomic mass is 10.2. The maximum Gasteiger partial charge on any atom is 0.0899 e. The van der Waals surface area contributed by atoms with E-state index in [0.717, 1.165) is 5.56 Å². The number of rotatable bonds is 1. The Bertz CT molecular complexity index is 255. The highest BCUT2D eigenvalue weighted by atomic mass is 15.0. The van der Waals surface area contributed by atoms with Crippen LogP contribution in [0, 0.1) is 12.5 Å². The van der Waals surface area contributed by atoms with Crippen molar-refractivity contribution >= 4 is 11.4 Å². The van der Waals surface area contributed by atoms with E-state index in [1.165, 1.54) is 0 Å². The van der Waals surface area contributed by atoms with Crippen molar-refractivity contribution in [3.63, 3.8) is 0 Å². The predicted molar refractivity (Wildman–Crippen MR) is 40.4 cm³/mol. The molecular formula is C7H9N3. The molecule has 0 aliphatic carbocycles. The summed E-state index contributed by atoms with van der Waals surface area (Å²) in [6, 6.07) is 5.33. The van der Waals surface area contributed by atoms with Gasteiger partial charge in [0, 0.05) is 5.69 Å². The van der Waals surface area contributed by atoms with Gasteiger partial charge in [-0.2, -0.15) is 5.11 Å². The van der Waals surface area contributed by atoms with E-state index in [1.807, 2.05) is 13.0 Å². The van der Waals surface area contributed by atoms with Crippen LogP contribution in [0.4, 0.5) is 11.4 Å². The molecule has 1 rings (SSSR count). The van der Waals surface area contributed by atoms with Crippen molar-refractivity contribution in [1.82, 2.24) is 0 Å². The highest BCUT2D eigenvalue weighted by molar-refractivity contribution is 5.54. The first kappa shape index (κ1) is 6.74. The summed E-state index contributed by atoms with van der Waals surface area (Å²) < 4.78 is 0. The summed E-state index contributed by atoms with van der Waals surface area (Å²) in [5.41, 5.74) is 14.5. The summed E-state index contributed by atoms with van der Waals surface area (Å²) in [5, 5.41) is 3.30. The van der Waals surface area contributed by atoms with Crippen LogP contribution in [0.2, 0.25) is 0 Å². The number of nitrogens with one attached hydrogen (secondary N) is 1. The average Bonchev–Trinajstić information content (AvgIpc) is 1.94. The molecule has 0 aromatic heterocycles. The van der Waals surface area contributed by atoms with Gasteiger partial charge in [0.05, 0.1) is 5.69 Å². The second-order valence-electron chi connectivity index (χ2n) is 2.16. The zero-order valence-electron chi connectivity index (χ0n) is 5.76. The number of aryl methyl sites for hydroxylation is 1. The molecule has 0 aliphatic rings. The molecule has 3 N–H and O–H groups in total. The monoisotopic (exact) mass is 135 g/mol. The standard InChI is InChI=1S/C7H9N3/c1-5-2-3-6(8)4-7(5)10-9/h2-4,9H,8H2,1H3. The lowest BCUT2D eigenvalue weighted by Gasteiger charge is -1.97. The third kappa shape index (κ3) is 1.13. The van der Waals surface area contributed by atoms with Gasteiger partial charge in [0.1, 0.15) is 0 Å². The molecule has 0 bridgehead atoms. The lowest BCUT2D eigenvalue weighted by molar-refractivity contribution is 1.13. The Balaban J connectivity index is 3.21. The number of nitrogens with two attached hydrogens (primary N) is 1. The van der Waals surface area contributed by atoms with E-state index in [-0.39, 0.29) is 0 Å². The molecule has 1 aromatic rings. The number of anilines is 1. The maximum absolute atomic E-state index is 6.75. The molecule has 0 unspecified atom stereocenters. The van der Waals surface area contributed by atoms with Crippen LogP contribution in [0.25, 0.3) is 0 Å². The van der Waals surface area contributed by atoms with Gasteiger partial charge >= 0.3 is 0 Å². The average molecular weight is 135 g/mol. The molecule has 0 amide bonds. The molecular weight excluding hydrogens is 126 g/mol. The summed E-state index contributed by atoms with van der Waals surface area (Å²) in [6.45, 7) is 1.90. The first-order chi connectivity index (χ1) is 4.74. The Morgan fingerprint density at radius 1 is 1.50 bits per heavy atom. The van der Waals surface area contributed by atoms with Crippen molar-refractivity contribution in [2.45, 2.75) is 6.92 Å². The lowest BCUT2D eigenvalue weighted by Crippen LogP contribution is -1.83. The van der Waals surface area contributed by atoms with Crippen molar-refractivity contribution in [2.24, 2.45) is 5.11 Å². The molecule has 0 saturated heterocycles. The van der Waals surface area contributed by atoms with E-state index < -0.39 is 0 Å². The number of hydrogen-bond donors (Lipinski definition) is 2. The van der Waals surface area contributed by atoms with E-state index in [9.17, 15) is 0 Å². The first-order valence-electron chi connectivity index (χ1n) is 2.97. The van der Waals surface area contributed by atoms with Crippen molar-refractivity contribution in [3.05, 3.63) is 23.8 Å². The topological polar surface area (TPSA) is 62.2 Å². The molecule has 52 valence electrons. The second-order valence-corrected chi connectivity index (χ2v) is 2.16. The molecule has 3 heteroatoms. The van der Waals surface area contributed by atoms with Crippen molar-refractivity contribution < 1.29 is 0 Å². The zero-order valence-corrected chi connectivity index (χ0v) is 5.76. The van der Waals surface area contributed by atoms with Crippen molar-refractivity contribution in [2.75, 3.05) is 5.73 Å². The summed E-state index contributed by atoms with van der Waals surface area (Å²) in [4.78, 5) is 0. The van der Waals surface area contributed by atoms with Crippen LogP contribution in [-0.4, -0.2) is 0 Å². The Morgan fingerprint density at radius 2 is 2.20 bits per heavy atom. The number of benzene rings is 1. The quantitative estimate of drug-likeness (QED) is 0.450.